The Kier molecular flexibility index (Phi) is 2.32. The minimum Gasteiger partial charge on any atom is -0.378 e. The molecule has 1 rings (SSSR count). The fourth-order valence-corrected chi connectivity index (χ4v) is 0.866. The summed E-state index contributed by atoms with van der Waals surface area (Å²) in [5.74, 6) is 0. The van der Waals surface area contributed by atoms with Crippen molar-refractivity contribution in [1.82, 2.24) is 4.90 Å². The summed E-state index contributed by atoms with van der Waals surface area (Å²) in [5.41, 5.74) is 1.26. The minimum atomic E-state index is 1.05. The molecule has 0 aromatic heterocycles. The van der Waals surface area contributed by atoms with Gasteiger partial charge in [-0.3, -0.25) is 0 Å². The lowest BCUT2D eigenvalue weighted by atomic mass is 10.3. The number of hydrogen-bond donors (Lipinski definition) is 0. The Morgan fingerprint density at radius 3 is 2.80 bits per heavy atom. The van der Waals surface area contributed by atoms with Gasteiger partial charge in [-0.1, -0.05) is 18.2 Å². The van der Waals surface area contributed by atoms with Crippen molar-refractivity contribution in [2.45, 2.75) is 6.42 Å². The minimum absolute atomic E-state index is 1.05. The highest BCUT2D eigenvalue weighted by atomic mass is 15.1. The lowest BCUT2D eigenvalue weighted by Gasteiger charge is -2.11. The van der Waals surface area contributed by atoms with Crippen LogP contribution in [0, 0.1) is 0 Å². The predicted octanol–water partition coefficient (Wildman–Crippen LogP) is 1.95. The van der Waals surface area contributed by atoms with Crippen molar-refractivity contribution in [1.29, 1.82) is 0 Å². The second-order valence-electron chi connectivity index (χ2n) is 2.55. The zero-order valence-electron chi connectivity index (χ0n) is 6.54. The molecule has 0 radical (unpaired) electrons. The zero-order chi connectivity index (χ0) is 7.40. The normalized spacial score (nSPS) is 16.4. The summed E-state index contributed by atoms with van der Waals surface area (Å²) in [5, 5.41) is 0. The molecule has 0 atom stereocenters. The van der Waals surface area contributed by atoms with E-state index in [-0.39, 0.29) is 0 Å². The number of rotatable bonds is 1. The van der Waals surface area contributed by atoms with Gasteiger partial charge in [0, 0.05) is 19.8 Å². The first-order chi connectivity index (χ1) is 4.80. The highest BCUT2D eigenvalue weighted by molar-refractivity contribution is 5.25. The van der Waals surface area contributed by atoms with Crippen molar-refractivity contribution >= 4 is 0 Å². The first-order valence-electron chi connectivity index (χ1n) is 3.51. The molecule has 1 heteroatoms. The SMILES string of the molecule is CN(C)C1=CC=CCC=C1. The van der Waals surface area contributed by atoms with Gasteiger partial charge in [-0.05, 0) is 18.6 Å². The van der Waals surface area contributed by atoms with Gasteiger partial charge >= 0.3 is 0 Å². The highest BCUT2D eigenvalue weighted by Crippen LogP contribution is 2.05. The average molecular weight is 135 g/mol. The van der Waals surface area contributed by atoms with Crippen molar-refractivity contribution < 1.29 is 0 Å². The Labute approximate surface area is 62.3 Å². The monoisotopic (exact) mass is 135 g/mol. The van der Waals surface area contributed by atoms with Crippen LogP contribution in [0.4, 0.5) is 0 Å². The van der Waals surface area contributed by atoms with Crippen LogP contribution in [-0.2, 0) is 0 Å². The molecule has 0 bridgehead atoms. The molecular weight excluding hydrogens is 122 g/mol. The second kappa shape index (κ2) is 3.25. The number of hydrogen-bond acceptors (Lipinski definition) is 1. The first kappa shape index (κ1) is 7.13. The summed E-state index contributed by atoms with van der Waals surface area (Å²) in [6.07, 6.45) is 11.7. The summed E-state index contributed by atoms with van der Waals surface area (Å²) in [7, 11) is 4.10. The van der Waals surface area contributed by atoms with Crippen LogP contribution in [0.5, 0.6) is 0 Å². The van der Waals surface area contributed by atoms with Gasteiger partial charge in [-0.2, -0.15) is 0 Å². The highest BCUT2D eigenvalue weighted by Gasteiger charge is 1.92. The maximum absolute atomic E-state index is 2.16. The van der Waals surface area contributed by atoms with E-state index in [1.165, 1.54) is 5.70 Å². The van der Waals surface area contributed by atoms with Crippen LogP contribution < -0.4 is 0 Å². The number of allylic oxidation sites excluding steroid dienone is 5. The molecule has 0 unspecified atom stereocenters. The van der Waals surface area contributed by atoms with Crippen molar-refractivity contribution in [3.63, 3.8) is 0 Å². The van der Waals surface area contributed by atoms with E-state index < -0.39 is 0 Å². The fourth-order valence-electron chi connectivity index (χ4n) is 0.866. The molecule has 0 aliphatic heterocycles. The largest absolute Gasteiger partial charge is 0.378 e. The van der Waals surface area contributed by atoms with Gasteiger partial charge in [-0.25, -0.2) is 0 Å². The van der Waals surface area contributed by atoms with E-state index in [1.807, 2.05) is 0 Å². The summed E-state index contributed by atoms with van der Waals surface area (Å²) >= 11 is 0. The molecule has 0 aromatic rings. The van der Waals surface area contributed by atoms with E-state index in [9.17, 15) is 0 Å². The molecule has 10 heavy (non-hydrogen) atoms. The molecule has 54 valence electrons. The van der Waals surface area contributed by atoms with Crippen molar-refractivity contribution in [2.75, 3.05) is 14.1 Å². The van der Waals surface area contributed by atoms with E-state index in [2.05, 4.69) is 49.4 Å². The Morgan fingerprint density at radius 1 is 1.30 bits per heavy atom. The van der Waals surface area contributed by atoms with Crippen LogP contribution in [0.2, 0.25) is 0 Å². The molecule has 0 saturated heterocycles. The molecule has 0 saturated carbocycles. The van der Waals surface area contributed by atoms with E-state index in [0.29, 0.717) is 0 Å². The molecular formula is C9H13N. The van der Waals surface area contributed by atoms with Crippen LogP contribution in [0.15, 0.2) is 36.1 Å². The quantitative estimate of drug-likeness (QED) is 0.531. The zero-order valence-corrected chi connectivity index (χ0v) is 6.54. The number of nitrogens with zero attached hydrogens (tertiary/aromatic N) is 1. The average Bonchev–Trinajstić information content (AvgIpc) is 2.12. The molecule has 0 aromatic carbocycles. The van der Waals surface area contributed by atoms with Gasteiger partial charge in [0.25, 0.3) is 0 Å². The molecule has 0 heterocycles. The van der Waals surface area contributed by atoms with E-state index in [1.54, 1.807) is 0 Å². The fraction of sp³-hybridized carbons (Fsp3) is 0.333. The van der Waals surface area contributed by atoms with Crippen LogP contribution in [0.3, 0.4) is 0 Å². The van der Waals surface area contributed by atoms with Crippen LogP contribution in [-0.4, -0.2) is 19.0 Å². The topological polar surface area (TPSA) is 3.24 Å². The van der Waals surface area contributed by atoms with Crippen molar-refractivity contribution in [3.8, 4) is 0 Å². The third-order valence-corrected chi connectivity index (χ3v) is 1.48. The summed E-state index contributed by atoms with van der Waals surface area (Å²) < 4.78 is 0. The third kappa shape index (κ3) is 1.76. The van der Waals surface area contributed by atoms with Gasteiger partial charge in [0.2, 0.25) is 0 Å². The van der Waals surface area contributed by atoms with Gasteiger partial charge in [0.15, 0.2) is 0 Å². The van der Waals surface area contributed by atoms with Gasteiger partial charge < -0.3 is 4.90 Å². The molecule has 0 spiro atoms. The molecule has 1 aliphatic carbocycles. The standard InChI is InChI=1S/C9H13N/c1-10(2)9-7-5-3-4-6-8-9/h3,5-8H,4H2,1-2H3. The van der Waals surface area contributed by atoms with Gasteiger partial charge in [0.05, 0.1) is 0 Å². The smallest absolute Gasteiger partial charge is 0.0357 e. The Hall–Kier alpha value is -0.980. The maximum atomic E-state index is 2.16. The molecule has 0 amide bonds. The Balaban J connectivity index is 2.73. The van der Waals surface area contributed by atoms with Crippen LogP contribution >= 0.6 is 0 Å². The van der Waals surface area contributed by atoms with Gasteiger partial charge in [0.1, 0.15) is 0 Å². The molecule has 1 aliphatic rings. The van der Waals surface area contributed by atoms with E-state index in [0.717, 1.165) is 6.42 Å². The number of likely N-dealkylation sites (N-methyl/N-ethyl adjacent to an activating group) is 1. The van der Waals surface area contributed by atoms with Crippen LogP contribution in [0.25, 0.3) is 0 Å². The third-order valence-electron chi connectivity index (χ3n) is 1.48. The lowest BCUT2D eigenvalue weighted by Crippen LogP contribution is -2.08. The van der Waals surface area contributed by atoms with Gasteiger partial charge in [-0.15, -0.1) is 0 Å². The van der Waals surface area contributed by atoms with E-state index in [4.69, 9.17) is 0 Å². The first-order valence-corrected chi connectivity index (χ1v) is 3.51. The predicted molar refractivity (Wildman–Crippen MR) is 44.7 cm³/mol. The van der Waals surface area contributed by atoms with Crippen LogP contribution in [0.1, 0.15) is 6.42 Å². The second-order valence-corrected chi connectivity index (χ2v) is 2.55. The summed E-state index contributed by atoms with van der Waals surface area (Å²) in [4.78, 5) is 2.10. The maximum Gasteiger partial charge on any atom is 0.0357 e. The summed E-state index contributed by atoms with van der Waals surface area (Å²) in [6.45, 7) is 0. The Morgan fingerprint density at radius 2 is 2.10 bits per heavy atom. The molecule has 1 nitrogen and oxygen atoms in total. The Bertz CT molecular complexity index is 185. The van der Waals surface area contributed by atoms with E-state index >= 15 is 0 Å². The van der Waals surface area contributed by atoms with Crippen molar-refractivity contribution in [3.05, 3.63) is 36.1 Å². The molecule has 0 N–H and O–H groups in total. The summed E-state index contributed by atoms with van der Waals surface area (Å²) in [6, 6.07) is 0. The van der Waals surface area contributed by atoms with Crippen molar-refractivity contribution in [2.24, 2.45) is 0 Å². The molecule has 0 fully saturated rings. The lowest BCUT2D eigenvalue weighted by molar-refractivity contribution is 0.530.